The molecule has 1 aliphatic rings. The van der Waals surface area contributed by atoms with E-state index >= 15 is 0 Å². The maximum Gasteiger partial charge on any atom is 0.140 e. The van der Waals surface area contributed by atoms with E-state index in [2.05, 4.69) is 28.2 Å². The van der Waals surface area contributed by atoms with Crippen LogP contribution in [0.2, 0.25) is 0 Å². The Kier molecular flexibility index (Phi) is 3.50. The number of nitrogens with one attached hydrogen (secondary N) is 1. The number of nitriles is 1. The Morgan fingerprint density at radius 3 is 3.31 bits per heavy atom. The summed E-state index contributed by atoms with van der Waals surface area (Å²) in [5, 5.41) is 12.2. The monoisotopic (exact) mass is 216 g/mol. The molecule has 1 aromatic rings. The maximum atomic E-state index is 8.78. The van der Waals surface area contributed by atoms with Gasteiger partial charge in [0.15, 0.2) is 0 Å². The molecule has 1 aliphatic heterocycles. The van der Waals surface area contributed by atoms with E-state index in [1.165, 1.54) is 5.56 Å². The molecule has 16 heavy (non-hydrogen) atoms. The summed E-state index contributed by atoms with van der Waals surface area (Å²) in [4.78, 5) is 6.40. The van der Waals surface area contributed by atoms with Crippen molar-refractivity contribution in [3.8, 4) is 6.07 Å². The number of nitrogens with zero attached hydrogens (tertiary/aromatic N) is 3. The molecule has 0 saturated carbocycles. The van der Waals surface area contributed by atoms with Crippen molar-refractivity contribution in [1.29, 1.82) is 5.26 Å². The molecule has 0 unspecified atom stereocenters. The number of pyridine rings is 1. The van der Waals surface area contributed by atoms with Gasteiger partial charge in [-0.15, -0.1) is 0 Å². The first-order chi connectivity index (χ1) is 7.79. The van der Waals surface area contributed by atoms with Gasteiger partial charge in [-0.3, -0.25) is 4.90 Å². The fourth-order valence-electron chi connectivity index (χ4n) is 1.99. The molecule has 4 nitrogen and oxygen atoms in total. The first-order valence-electron chi connectivity index (χ1n) is 5.59. The highest BCUT2D eigenvalue weighted by atomic mass is 15.2. The van der Waals surface area contributed by atoms with Gasteiger partial charge in [-0.1, -0.05) is 0 Å². The van der Waals surface area contributed by atoms with Gasteiger partial charge < -0.3 is 5.32 Å². The lowest BCUT2D eigenvalue weighted by atomic mass is 10.1. The largest absolute Gasteiger partial charge is 0.314 e. The van der Waals surface area contributed by atoms with E-state index in [9.17, 15) is 0 Å². The van der Waals surface area contributed by atoms with Crippen molar-refractivity contribution in [1.82, 2.24) is 15.2 Å². The fraction of sp³-hybridized carbons (Fsp3) is 0.500. The normalized spacial score (nSPS) is 21.6. The van der Waals surface area contributed by atoms with Gasteiger partial charge in [0, 0.05) is 38.4 Å². The van der Waals surface area contributed by atoms with E-state index in [0.29, 0.717) is 11.7 Å². The minimum absolute atomic E-state index is 0.500. The summed E-state index contributed by atoms with van der Waals surface area (Å²) < 4.78 is 0. The summed E-state index contributed by atoms with van der Waals surface area (Å²) in [6.45, 7) is 6.26. The van der Waals surface area contributed by atoms with Crippen LogP contribution in [-0.2, 0) is 6.54 Å². The maximum absolute atomic E-state index is 8.78. The molecule has 0 amide bonds. The zero-order valence-corrected chi connectivity index (χ0v) is 9.48. The third-order valence-corrected chi connectivity index (χ3v) is 2.96. The SMILES string of the molecule is C[C@@H]1CNCCN1Cc1ccnc(C#N)c1. The smallest absolute Gasteiger partial charge is 0.140 e. The van der Waals surface area contributed by atoms with Crippen molar-refractivity contribution in [2.24, 2.45) is 0 Å². The Labute approximate surface area is 95.9 Å². The molecule has 0 aromatic carbocycles. The van der Waals surface area contributed by atoms with Gasteiger partial charge in [0.05, 0.1) is 0 Å². The molecule has 0 radical (unpaired) electrons. The van der Waals surface area contributed by atoms with Crippen molar-refractivity contribution in [2.45, 2.75) is 19.5 Å². The molecule has 1 saturated heterocycles. The van der Waals surface area contributed by atoms with Gasteiger partial charge in [0.1, 0.15) is 11.8 Å². The topological polar surface area (TPSA) is 52.0 Å². The van der Waals surface area contributed by atoms with Crippen LogP contribution in [0.15, 0.2) is 18.3 Å². The molecule has 1 aromatic heterocycles. The predicted octanol–water partition coefficient (Wildman–Crippen LogP) is 0.747. The minimum atomic E-state index is 0.500. The van der Waals surface area contributed by atoms with E-state index < -0.39 is 0 Å². The first kappa shape index (κ1) is 11.1. The second kappa shape index (κ2) is 5.06. The van der Waals surface area contributed by atoms with E-state index in [-0.39, 0.29) is 0 Å². The van der Waals surface area contributed by atoms with Crippen LogP contribution in [0.5, 0.6) is 0 Å². The first-order valence-corrected chi connectivity index (χ1v) is 5.59. The van der Waals surface area contributed by atoms with Crippen molar-refractivity contribution < 1.29 is 0 Å². The number of hydrogen-bond donors (Lipinski definition) is 1. The van der Waals surface area contributed by atoms with E-state index in [1.807, 2.05) is 12.1 Å². The number of rotatable bonds is 2. The number of piperazine rings is 1. The quantitative estimate of drug-likeness (QED) is 0.792. The van der Waals surface area contributed by atoms with Gasteiger partial charge in [0.2, 0.25) is 0 Å². The van der Waals surface area contributed by atoms with Gasteiger partial charge in [-0.05, 0) is 24.6 Å². The summed E-state index contributed by atoms with van der Waals surface area (Å²) >= 11 is 0. The summed E-state index contributed by atoms with van der Waals surface area (Å²) in [6, 6.07) is 6.47. The Morgan fingerprint density at radius 2 is 2.56 bits per heavy atom. The van der Waals surface area contributed by atoms with E-state index in [1.54, 1.807) is 6.20 Å². The summed E-state index contributed by atoms with van der Waals surface area (Å²) in [5.41, 5.74) is 1.67. The van der Waals surface area contributed by atoms with Crippen LogP contribution >= 0.6 is 0 Å². The predicted molar refractivity (Wildman–Crippen MR) is 61.7 cm³/mol. The summed E-state index contributed by atoms with van der Waals surface area (Å²) in [5.74, 6) is 0. The molecule has 1 fully saturated rings. The molecule has 1 atom stereocenters. The molecular formula is C12H16N4. The second-order valence-electron chi connectivity index (χ2n) is 4.18. The van der Waals surface area contributed by atoms with Gasteiger partial charge in [0.25, 0.3) is 0 Å². The molecule has 2 rings (SSSR count). The number of aromatic nitrogens is 1. The average Bonchev–Trinajstić information content (AvgIpc) is 2.32. The Morgan fingerprint density at radius 1 is 1.69 bits per heavy atom. The van der Waals surface area contributed by atoms with Crippen LogP contribution in [0.4, 0.5) is 0 Å². The molecular weight excluding hydrogens is 200 g/mol. The molecule has 0 spiro atoms. The molecule has 4 heteroatoms. The molecule has 2 heterocycles. The van der Waals surface area contributed by atoms with Crippen LogP contribution in [0.1, 0.15) is 18.2 Å². The van der Waals surface area contributed by atoms with Crippen LogP contribution in [0, 0.1) is 11.3 Å². The summed E-state index contributed by atoms with van der Waals surface area (Å²) in [6.07, 6.45) is 1.71. The van der Waals surface area contributed by atoms with Crippen LogP contribution in [0.3, 0.4) is 0 Å². The fourth-order valence-corrected chi connectivity index (χ4v) is 1.99. The van der Waals surface area contributed by atoms with Crippen molar-refractivity contribution in [2.75, 3.05) is 19.6 Å². The molecule has 1 N–H and O–H groups in total. The van der Waals surface area contributed by atoms with Gasteiger partial charge in [-0.25, -0.2) is 4.98 Å². The van der Waals surface area contributed by atoms with Crippen molar-refractivity contribution in [3.05, 3.63) is 29.6 Å². The van der Waals surface area contributed by atoms with E-state index in [4.69, 9.17) is 5.26 Å². The minimum Gasteiger partial charge on any atom is -0.314 e. The lowest BCUT2D eigenvalue weighted by Crippen LogP contribution is -2.49. The Balaban J connectivity index is 2.05. The highest BCUT2D eigenvalue weighted by Crippen LogP contribution is 2.10. The molecule has 84 valence electrons. The lowest BCUT2D eigenvalue weighted by molar-refractivity contribution is 0.165. The Bertz CT molecular complexity index is 396. The number of hydrogen-bond acceptors (Lipinski definition) is 4. The Hall–Kier alpha value is -1.44. The summed E-state index contributed by atoms with van der Waals surface area (Å²) in [7, 11) is 0. The lowest BCUT2D eigenvalue weighted by Gasteiger charge is -2.33. The third-order valence-electron chi connectivity index (χ3n) is 2.96. The standard InChI is InChI=1S/C12H16N4/c1-10-8-14-4-5-16(10)9-11-2-3-15-12(6-11)7-13/h2-3,6,10,14H,4-5,8-9H2,1H3/t10-/m1/s1. The van der Waals surface area contributed by atoms with Crippen LogP contribution < -0.4 is 5.32 Å². The van der Waals surface area contributed by atoms with Gasteiger partial charge >= 0.3 is 0 Å². The van der Waals surface area contributed by atoms with Crippen molar-refractivity contribution >= 4 is 0 Å². The molecule has 0 aliphatic carbocycles. The van der Waals surface area contributed by atoms with Crippen molar-refractivity contribution in [3.63, 3.8) is 0 Å². The third kappa shape index (κ3) is 2.57. The average molecular weight is 216 g/mol. The molecule has 0 bridgehead atoms. The zero-order valence-electron chi connectivity index (χ0n) is 9.48. The second-order valence-corrected chi connectivity index (χ2v) is 4.18. The van der Waals surface area contributed by atoms with E-state index in [0.717, 1.165) is 26.2 Å². The van der Waals surface area contributed by atoms with Crippen LogP contribution in [-0.4, -0.2) is 35.6 Å². The zero-order chi connectivity index (χ0) is 11.4. The highest BCUT2D eigenvalue weighted by Gasteiger charge is 2.17. The highest BCUT2D eigenvalue weighted by molar-refractivity contribution is 5.25. The van der Waals surface area contributed by atoms with Gasteiger partial charge in [-0.2, -0.15) is 5.26 Å². The van der Waals surface area contributed by atoms with Crippen LogP contribution in [0.25, 0.3) is 0 Å².